The van der Waals surface area contributed by atoms with Crippen LogP contribution in [0.15, 0.2) is 53.9 Å². The second-order valence-corrected chi connectivity index (χ2v) is 7.06. The molecule has 2 amide bonds. The number of ether oxygens (including phenoxy) is 1. The van der Waals surface area contributed by atoms with E-state index < -0.39 is 0 Å². The lowest BCUT2D eigenvalue weighted by Gasteiger charge is -2.06. The molecule has 6 nitrogen and oxygen atoms in total. The van der Waals surface area contributed by atoms with Crippen LogP contribution < -0.4 is 10.6 Å². The summed E-state index contributed by atoms with van der Waals surface area (Å²) in [4.78, 5) is 28.8. The number of nitrogens with zero attached hydrogens (tertiary/aromatic N) is 1. The van der Waals surface area contributed by atoms with Crippen LogP contribution in [0.4, 0.5) is 5.13 Å². The highest BCUT2D eigenvalue weighted by atomic mass is 35.5. The van der Waals surface area contributed by atoms with Gasteiger partial charge in [-0.1, -0.05) is 29.8 Å². The van der Waals surface area contributed by atoms with Gasteiger partial charge in [-0.05, 0) is 30.3 Å². The van der Waals surface area contributed by atoms with Crippen LogP contribution in [-0.4, -0.2) is 37.1 Å². The maximum Gasteiger partial charge on any atom is 0.257 e. The van der Waals surface area contributed by atoms with E-state index in [1.54, 1.807) is 37.4 Å². The number of carbonyl (C=O) groups is 2. The van der Waals surface area contributed by atoms with Crippen LogP contribution >= 0.6 is 22.9 Å². The quantitative estimate of drug-likeness (QED) is 0.569. The molecule has 0 spiro atoms. The van der Waals surface area contributed by atoms with Gasteiger partial charge in [-0.3, -0.25) is 14.9 Å². The van der Waals surface area contributed by atoms with Gasteiger partial charge in [0.2, 0.25) is 0 Å². The Kier molecular flexibility index (Phi) is 6.76. The number of anilines is 1. The van der Waals surface area contributed by atoms with Crippen LogP contribution in [0.5, 0.6) is 0 Å². The number of aromatic nitrogens is 1. The monoisotopic (exact) mass is 415 g/mol. The van der Waals surface area contributed by atoms with Crippen LogP contribution in [0.3, 0.4) is 0 Å². The lowest BCUT2D eigenvalue weighted by atomic mass is 10.1. The van der Waals surface area contributed by atoms with E-state index in [1.165, 1.54) is 11.3 Å². The Morgan fingerprint density at radius 1 is 1.07 bits per heavy atom. The molecule has 2 aromatic carbocycles. The molecular weight excluding hydrogens is 398 g/mol. The average molecular weight is 416 g/mol. The number of rotatable bonds is 7. The summed E-state index contributed by atoms with van der Waals surface area (Å²) in [5.41, 5.74) is 2.42. The van der Waals surface area contributed by atoms with Gasteiger partial charge in [0.05, 0.1) is 12.3 Å². The molecule has 0 unspecified atom stereocenters. The van der Waals surface area contributed by atoms with E-state index in [1.807, 2.05) is 23.6 Å². The Morgan fingerprint density at radius 3 is 2.43 bits per heavy atom. The van der Waals surface area contributed by atoms with Gasteiger partial charge in [-0.25, -0.2) is 4.98 Å². The van der Waals surface area contributed by atoms with Crippen LogP contribution in [0.1, 0.15) is 20.7 Å². The number of thiazole rings is 1. The average Bonchev–Trinajstić information content (AvgIpc) is 3.16. The molecule has 144 valence electrons. The smallest absolute Gasteiger partial charge is 0.257 e. The number of benzene rings is 2. The van der Waals surface area contributed by atoms with Crippen molar-refractivity contribution in [2.24, 2.45) is 0 Å². The van der Waals surface area contributed by atoms with Crippen molar-refractivity contribution >= 4 is 39.9 Å². The third-order valence-corrected chi connectivity index (χ3v) is 4.96. The van der Waals surface area contributed by atoms with Crippen molar-refractivity contribution in [1.29, 1.82) is 0 Å². The number of nitrogens with one attached hydrogen (secondary N) is 2. The molecule has 8 heteroatoms. The maximum absolute atomic E-state index is 12.4. The molecule has 3 aromatic rings. The standard InChI is InChI=1S/C20H18ClN3O3S/c1-27-11-10-22-18(25)13-6-8-14(9-7-13)19(26)24-20-23-17(12-28-20)15-4-2-3-5-16(15)21/h2-9,12H,10-11H2,1H3,(H,22,25)(H,23,24,26). The van der Waals surface area contributed by atoms with E-state index >= 15 is 0 Å². The van der Waals surface area contributed by atoms with E-state index in [4.69, 9.17) is 16.3 Å². The number of amides is 2. The van der Waals surface area contributed by atoms with E-state index in [0.717, 1.165) is 5.56 Å². The normalized spacial score (nSPS) is 10.5. The summed E-state index contributed by atoms with van der Waals surface area (Å²) < 4.78 is 4.89. The van der Waals surface area contributed by atoms with Gasteiger partial charge in [-0.2, -0.15) is 0 Å². The number of carbonyl (C=O) groups excluding carboxylic acids is 2. The third kappa shape index (κ3) is 4.95. The van der Waals surface area contributed by atoms with Gasteiger partial charge in [0, 0.05) is 40.7 Å². The van der Waals surface area contributed by atoms with Crippen LogP contribution in [0, 0.1) is 0 Å². The van der Waals surface area contributed by atoms with Gasteiger partial charge in [0.25, 0.3) is 11.8 Å². The lowest BCUT2D eigenvalue weighted by molar-refractivity contribution is 0.0935. The summed E-state index contributed by atoms with van der Waals surface area (Å²) in [6.07, 6.45) is 0. The minimum atomic E-state index is -0.300. The Bertz CT molecular complexity index is 973. The molecule has 0 aliphatic carbocycles. The van der Waals surface area contributed by atoms with Crippen molar-refractivity contribution in [2.75, 3.05) is 25.6 Å². The van der Waals surface area contributed by atoms with E-state index in [9.17, 15) is 9.59 Å². The highest BCUT2D eigenvalue weighted by Crippen LogP contribution is 2.30. The summed E-state index contributed by atoms with van der Waals surface area (Å²) in [6, 6.07) is 13.8. The van der Waals surface area contributed by atoms with Gasteiger partial charge < -0.3 is 10.1 Å². The molecule has 1 heterocycles. The van der Waals surface area contributed by atoms with Crippen molar-refractivity contribution in [3.05, 3.63) is 70.1 Å². The zero-order chi connectivity index (χ0) is 19.9. The summed E-state index contributed by atoms with van der Waals surface area (Å²) in [5.74, 6) is -0.514. The highest BCUT2D eigenvalue weighted by Gasteiger charge is 2.12. The van der Waals surface area contributed by atoms with E-state index in [2.05, 4.69) is 15.6 Å². The van der Waals surface area contributed by atoms with Gasteiger partial charge in [-0.15, -0.1) is 11.3 Å². The molecule has 0 radical (unpaired) electrons. The van der Waals surface area contributed by atoms with Crippen LogP contribution in [0.25, 0.3) is 11.3 Å². The molecule has 0 aliphatic heterocycles. The first kappa shape index (κ1) is 20.0. The number of methoxy groups -OCH3 is 1. The van der Waals surface area contributed by atoms with Gasteiger partial charge >= 0.3 is 0 Å². The predicted molar refractivity (Wildman–Crippen MR) is 111 cm³/mol. The molecule has 0 saturated carbocycles. The van der Waals surface area contributed by atoms with Crippen molar-refractivity contribution in [3.8, 4) is 11.3 Å². The Hall–Kier alpha value is -2.74. The first-order chi connectivity index (χ1) is 13.6. The Morgan fingerprint density at radius 2 is 1.75 bits per heavy atom. The third-order valence-electron chi connectivity index (χ3n) is 3.88. The van der Waals surface area contributed by atoms with Crippen molar-refractivity contribution in [3.63, 3.8) is 0 Å². The van der Waals surface area contributed by atoms with Crippen molar-refractivity contribution < 1.29 is 14.3 Å². The fourth-order valence-electron chi connectivity index (χ4n) is 2.43. The predicted octanol–water partition coefficient (Wildman–Crippen LogP) is 4.09. The molecule has 0 bridgehead atoms. The first-order valence-electron chi connectivity index (χ1n) is 8.47. The molecule has 0 fully saturated rings. The molecule has 1 aromatic heterocycles. The molecular formula is C20H18ClN3O3S. The summed E-state index contributed by atoms with van der Waals surface area (Å²) in [7, 11) is 1.57. The second kappa shape index (κ2) is 9.45. The lowest BCUT2D eigenvalue weighted by Crippen LogP contribution is -2.26. The largest absolute Gasteiger partial charge is 0.383 e. The molecule has 0 atom stereocenters. The number of hydrogen-bond acceptors (Lipinski definition) is 5. The maximum atomic E-state index is 12.4. The SMILES string of the molecule is COCCNC(=O)c1ccc(C(=O)Nc2nc(-c3ccccc3Cl)cs2)cc1. The van der Waals surface area contributed by atoms with Crippen LogP contribution in [0.2, 0.25) is 5.02 Å². The van der Waals surface area contributed by atoms with Gasteiger partial charge in [0.15, 0.2) is 5.13 Å². The zero-order valence-electron chi connectivity index (χ0n) is 15.1. The Labute approximate surface area is 171 Å². The summed E-state index contributed by atoms with van der Waals surface area (Å²) >= 11 is 7.51. The minimum Gasteiger partial charge on any atom is -0.383 e. The second-order valence-electron chi connectivity index (χ2n) is 5.80. The molecule has 28 heavy (non-hydrogen) atoms. The molecule has 2 N–H and O–H groups in total. The Balaban J connectivity index is 1.64. The van der Waals surface area contributed by atoms with E-state index in [0.29, 0.717) is 40.1 Å². The molecule has 3 rings (SSSR count). The van der Waals surface area contributed by atoms with Crippen molar-refractivity contribution in [2.45, 2.75) is 0 Å². The van der Waals surface area contributed by atoms with Crippen molar-refractivity contribution in [1.82, 2.24) is 10.3 Å². The number of halogens is 1. The molecule has 0 saturated heterocycles. The fourth-order valence-corrected chi connectivity index (χ4v) is 3.37. The zero-order valence-corrected chi connectivity index (χ0v) is 16.6. The summed E-state index contributed by atoms with van der Waals surface area (Å²) in [5, 5.41) is 8.41. The van der Waals surface area contributed by atoms with Crippen LogP contribution in [-0.2, 0) is 4.74 Å². The minimum absolute atomic E-state index is 0.215. The first-order valence-corrected chi connectivity index (χ1v) is 9.73. The topological polar surface area (TPSA) is 80.3 Å². The van der Waals surface area contributed by atoms with E-state index in [-0.39, 0.29) is 11.8 Å². The number of hydrogen-bond donors (Lipinski definition) is 2. The van der Waals surface area contributed by atoms with Gasteiger partial charge in [0.1, 0.15) is 0 Å². The molecule has 0 aliphatic rings. The summed E-state index contributed by atoms with van der Waals surface area (Å²) in [6.45, 7) is 0.867. The fraction of sp³-hybridized carbons (Fsp3) is 0.150. The highest BCUT2D eigenvalue weighted by molar-refractivity contribution is 7.14.